The number of nitrogens with one attached hydrogen (secondary N) is 1. The lowest BCUT2D eigenvalue weighted by molar-refractivity contribution is 0.591. The Morgan fingerprint density at radius 3 is 2.28 bits per heavy atom. The van der Waals surface area contributed by atoms with Gasteiger partial charge in [-0.1, -0.05) is 54.6 Å². The van der Waals surface area contributed by atoms with E-state index in [0.29, 0.717) is 5.92 Å². The summed E-state index contributed by atoms with van der Waals surface area (Å²) in [6, 6.07) is 19.5. The lowest BCUT2D eigenvalue weighted by Crippen LogP contribution is -2.28. The molecule has 1 aliphatic heterocycles. The standard InChI is InChI=1S/C15H15N.2BrH/c1-2-6-12(7-3-1)15-11-16-10-13-8-4-5-9-14(13)15;;/h1-9,15-16H,10-11H2;2*1H. The first kappa shape index (κ1) is 15.4. The Labute approximate surface area is 129 Å². The van der Waals surface area contributed by atoms with E-state index in [2.05, 4.69) is 59.9 Å². The van der Waals surface area contributed by atoms with Crippen molar-refractivity contribution in [1.82, 2.24) is 5.32 Å². The van der Waals surface area contributed by atoms with Crippen LogP contribution in [0.5, 0.6) is 0 Å². The third kappa shape index (κ3) is 3.02. The smallest absolute Gasteiger partial charge is 0.0218 e. The van der Waals surface area contributed by atoms with E-state index in [0.717, 1.165) is 13.1 Å². The van der Waals surface area contributed by atoms with Crippen molar-refractivity contribution in [2.45, 2.75) is 12.5 Å². The Kier molecular flexibility index (Phi) is 6.06. The van der Waals surface area contributed by atoms with Crippen molar-refractivity contribution in [2.24, 2.45) is 0 Å². The van der Waals surface area contributed by atoms with E-state index in [1.165, 1.54) is 16.7 Å². The largest absolute Gasteiger partial charge is 0.312 e. The highest BCUT2D eigenvalue weighted by Gasteiger charge is 2.20. The molecular weight excluding hydrogens is 354 g/mol. The van der Waals surface area contributed by atoms with Gasteiger partial charge in [0, 0.05) is 19.0 Å². The quantitative estimate of drug-likeness (QED) is 0.797. The van der Waals surface area contributed by atoms with Crippen LogP contribution in [0.2, 0.25) is 0 Å². The van der Waals surface area contributed by atoms with Crippen molar-refractivity contribution in [1.29, 1.82) is 0 Å². The molecule has 1 aliphatic rings. The van der Waals surface area contributed by atoms with Crippen LogP contribution in [-0.2, 0) is 6.54 Å². The molecular formula is C15H17Br2N. The molecule has 3 heteroatoms. The van der Waals surface area contributed by atoms with E-state index >= 15 is 0 Å². The Bertz CT molecular complexity index is 485. The lowest BCUT2D eigenvalue weighted by Gasteiger charge is -2.26. The van der Waals surface area contributed by atoms with E-state index in [1.807, 2.05) is 0 Å². The van der Waals surface area contributed by atoms with Crippen LogP contribution in [-0.4, -0.2) is 6.54 Å². The SMILES string of the molecule is Br.Br.c1ccc(C2CNCc3ccccc32)cc1. The van der Waals surface area contributed by atoms with Gasteiger partial charge in [0.25, 0.3) is 0 Å². The summed E-state index contributed by atoms with van der Waals surface area (Å²) in [5.41, 5.74) is 4.32. The van der Waals surface area contributed by atoms with E-state index < -0.39 is 0 Å². The van der Waals surface area contributed by atoms with Gasteiger partial charge in [0.15, 0.2) is 0 Å². The van der Waals surface area contributed by atoms with E-state index in [4.69, 9.17) is 0 Å². The zero-order valence-electron chi connectivity index (χ0n) is 10.0. The molecule has 0 aromatic heterocycles. The summed E-state index contributed by atoms with van der Waals surface area (Å²) >= 11 is 0. The lowest BCUT2D eigenvalue weighted by atomic mass is 9.86. The molecule has 1 N–H and O–H groups in total. The fourth-order valence-electron chi connectivity index (χ4n) is 2.48. The molecule has 3 rings (SSSR count). The predicted molar refractivity (Wildman–Crippen MR) is 87.1 cm³/mol. The first-order chi connectivity index (χ1) is 7.95. The van der Waals surface area contributed by atoms with Crippen LogP contribution in [0.25, 0.3) is 0 Å². The second-order valence-electron chi connectivity index (χ2n) is 4.29. The van der Waals surface area contributed by atoms with E-state index in [1.54, 1.807) is 0 Å². The molecule has 0 aliphatic carbocycles. The number of halogens is 2. The molecule has 0 saturated heterocycles. The first-order valence-corrected chi connectivity index (χ1v) is 5.78. The summed E-state index contributed by atoms with van der Waals surface area (Å²) in [7, 11) is 0. The second kappa shape index (κ2) is 7.07. The Hall–Kier alpha value is -0.640. The molecule has 1 atom stereocenters. The predicted octanol–water partition coefficient (Wildman–Crippen LogP) is 4.08. The van der Waals surface area contributed by atoms with Gasteiger partial charge in [-0.2, -0.15) is 0 Å². The van der Waals surface area contributed by atoms with Crippen molar-refractivity contribution < 1.29 is 0 Å². The molecule has 2 aromatic carbocycles. The van der Waals surface area contributed by atoms with Crippen LogP contribution < -0.4 is 5.32 Å². The van der Waals surface area contributed by atoms with Gasteiger partial charge in [-0.3, -0.25) is 0 Å². The zero-order chi connectivity index (χ0) is 10.8. The van der Waals surface area contributed by atoms with Gasteiger partial charge in [-0.05, 0) is 16.7 Å². The van der Waals surface area contributed by atoms with Crippen molar-refractivity contribution in [3.8, 4) is 0 Å². The fourth-order valence-corrected chi connectivity index (χ4v) is 2.48. The minimum atomic E-state index is 0. The van der Waals surface area contributed by atoms with Crippen LogP contribution in [0.15, 0.2) is 54.6 Å². The number of hydrogen-bond acceptors (Lipinski definition) is 1. The Morgan fingerprint density at radius 2 is 1.50 bits per heavy atom. The highest BCUT2D eigenvalue weighted by atomic mass is 79.9. The summed E-state index contributed by atoms with van der Waals surface area (Å²) in [6.07, 6.45) is 0. The minimum Gasteiger partial charge on any atom is -0.312 e. The maximum Gasteiger partial charge on any atom is 0.0218 e. The molecule has 1 nitrogen and oxygen atoms in total. The molecule has 0 saturated carbocycles. The van der Waals surface area contributed by atoms with Crippen molar-refractivity contribution in [3.05, 3.63) is 71.3 Å². The van der Waals surface area contributed by atoms with E-state index in [-0.39, 0.29) is 34.0 Å². The molecule has 96 valence electrons. The van der Waals surface area contributed by atoms with Crippen LogP contribution in [0.4, 0.5) is 0 Å². The summed E-state index contributed by atoms with van der Waals surface area (Å²) in [5.74, 6) is 0.506. The fraction of sp³-hybridized carbons (Fsp3) is 0.200. The highest BCUT2D eigenvalue weighted by Crippen LogP contribution is 2.29. The molecule has 1 heterocycles. The molecule has 0 amide bonds. The number of rotatable bonds is 1. The third-order valence-corrected chi connectivity index (χ3v) is 3.30. The summed E-state index contributed by atoms with van der Waals surface area (Å²) in [4.78, 5) is 0. The van der Waals surface area contributed by atoms with Gasteiger partial charge in [0.05, 0.1) is 0 Å². The Balaban J connectivity index is 0.000000810. The molecule has 2 aromatic rings. The molecule has 18 heavy (non-hydrogen) atoms. The number of benzene rings is 2. The zero-order valence-corrected chi connectivity index (χ0v) is 13.4. The van der Waals surface area contributed by atoms with Gasteiger partial charge in [-0.25, -0.2) is 0 Å². The average Bonchev–Trinajstić information content (AvgIpc) is 2.39. The van der Waals surface area contributed by atoms with Gasteiger partial charge in [0.2, 0.25) is 0 Å². The highest BCUT2D eigenvalue weighted by molar-refractivity contribution is 8.93. The molecule has 0 bridgehead atoms. The monoisotopic (exact) mass is 369 g/mol. The van der Waals surface area contributed by atoms with Gasteiger partial charge in [-0.15, -0.1) is 34.0 Å². The Morgan fingerprint density at radius 1 is 0.833 bits per heavy atom. The topological polar surface area (TPSA) is 12.0 Å². The number of hydrogen-bond donors (Lipinski definition) is 1. The maximum atomic E-state index is 3.49. The molecule has 1 unspecified atom stereocenters. The summed E-state index contributed by atoms with van der Waals surface area (Å²) < 4.78 is 0. The molecule has 0 fully saturated rings. The van der Waals surface area contributed by atoms with E-state index in [9.17, 15) is 0 Å². The third-order valence-electron chi connectivity index (χ3n) is 3.30. The van der Waals surface area contributed by atoms with Crippen LogP contribution in [0.3, 0.4) is 0 Å². The average molecular weight is 371 g/mol. The molecule has 0 radical (unpaired) electrons. The van der Waals surface area contributed by atoms with Crippen molar-refractivity contribution >= 4 is 34.0 Å². The minimum absolute atomic E-state index is 0. The summed E-state index contributed by atoms with van der Waals surface area (Å²) in [6.45, 7) is 2.04. The molecule has 0 spiro atoms. The van der Waals surface area contributed by atoms with Gasteiger partial charge in [0.1, 0.15) is 0 Å². The first-order valence-electron chi connectivity index (χ1n) is 5.78. The maximum absolute atomic E-state index is 3.49. The van der Waals surface area contributed by atoms with Crippen LogP contribution in [0.1, 0.15) is 22.6 Å². The van der Waals surface area contributed by atoms with Gasteiger partial charge >= 0.3 is 0 Å². The number of fused-ring (bicyclic) bond motifs is 1. The van der Waals surface area contributed by atoms with Gasteiger partial charge < -0.3 is 5.32 Å². The second-order valence-corrected chi connectivity index (χ2v) is 4.29. The van der Waals surface area contributed by atoms with Crippen LogP contribution >= 0.6 is 34.0 Å². The van der Waals surface area contributed by atoms with Crippen molar-refractivity contribution in [3.63, 3.8) is 0 Å². The van der Waals surface area contributed by atoms with Crippen molar-refractivity contribution in [2.75, 3.05) is 6.54 Å². The summed E-state index contributed by atoms with van der Waals surface area (Å²) in [5, 5.41) is 3.49. The normalized spacial score (nSPS) is 17.0. The van der Waals surface area contributed by atoms with Crippen LogP contribution in [0, 0.1) is 0 Å².